The quantitative estimate of drug-likeness (QED) is 0.514. The van der Waals surface area contributed by atoms with Crippen molar-refractivity contribution in [1.82, 2.24) is 9.78 Å². The monoisotopic (exact) mass is 479 g/mol. The number of methoxy groups -OCH3 is 1. The maximum Gasteiger partial charge on any atom is 0.435 e. The van der Waals surface area contributed by atoms with Crippen LogP contribution in [0.15, 0.2) is 53.0 Å². The topological polar surface area (TPSA) is 47.4 Å². The van der Waals surface area contributed by atoms with E-state index in [0.717, 1.165) is 9.15 Å². The van der Waals surface area contributed by atoms with Gasteiger partial charge < -0.3 is 9.64 Å². The molecule has 1 amide bonds. The highest BCUT2D eigenvalue weighted by atomic mass is 79.9. The highest BCUT2D eigenvalue weighted by molar-refractivity contribution is 9.10. The van der Waals surface area contributed by atoms with E-state index >= 15 is 0 Å². The van der Waals surface area contributed by atoms with E-state index in [0.29, 0.717) is 30.1 Å². The highest BCUT2D eigenvalue weighted by Gasteiger charge is 2.42. The summed E-state index contributed by atoms with van der Waals surface area (Å²) in [6.45, 7) is 0.315. The molecule has 3 aromatic rings. The minimum atomic E-state index is -4.66. The lowest BCUT2D eigenvalue weighted by Crippen LogP contribution is -2.32. The number of aromatic nitrogens is 2. The zero-order valence-electron chi connectivity index (χ0n) is 15.9. The van der Waals surface area contributed by atoms with Crippen LogP contribution in [0.3, 0.4) is 0 Å². The molecule has 1 aromatic heterocycles. The van der Waals surface area contributed by atoms with Gasteiger partial charge in [0.25, 0.3) is 5.91 Å². The molecule has 5 nitrogen and oxygen atoms in total. The fourth-order valence-corrected chi connectivity index (χ4v) is 3.82. The number of carbonyl (C=O) groups excluding carboxylic acids is 1. The van der Waals surface area contributed by atoms with Gasteiger partial charge in [0.2, 0.25) is 0 Å². The summed E-state index contributed by atoms with van der Waals surface area (Å²) in [7, 11) is 1.50. The van der Waals surface area contributed by atoms with E-state index in [-0.39, 0.29) is 17.7 Å². The molecule has 9 heteroatoms. The Morgan fingerprint density at radius 2 is 1.67 bits per heavy atom. The molecule has 0 bridgehead atoms. The number of amides is 1. The highest BCUT2D eigenvalue weighted by Crippen LogP contribution is 2.37. The second-order valence-corrected chi connectivity index (χ2v) is 7.74. The fourth-order valence-electron chi connectivity index (χ4n) is 3.56. The van der Waals surface area contributed by atoms with Crippen LogP contribution >= 0.6 is 15.9 Å². The Balaban J connectivity index is 1.88. The normalized spacial score (nSPS) is 14.4. The summed E-state index contributed by atoms with van der Waals surface area (Å²) in [5.74, 6) is 0.0412. The average molecular weight is 480 g/mol. The van der Waals surface area contributed by atoms with Gasteiger partial charge in [0.05, 0.1) is 12.8 Å². The van der Waals surface area contributed by atoms with Crippen molar-refractivity contribution in [3.8, 4) is 11.4 Å². The van der Waals surface area contributed by atoms with Crippen molar-refractivity contribution in [2.75, 3.05) is 18.6 Å². The van der Waals surface area contributed by atoms with Gasteiger partial charge in [-0.25, -0.2) is 4.68 Å². The number of hydrogen-bond acceptors (Lipinski definition) is 3. The summed E-state index contributed by atoms with van der Waals surface area (Å²) < 4.78 is 48.2. The molecule has 2 heterocycles. The van der Waals surface area contributed by atoms with Crippen molar-refractivity contribution < 1.29 is 22.7 Å². The standard InChI is InChI=1S/C21H17BrF3N3O2/c1-30-16-10-8-15(9-11-16)28-18-17(19(26-28)21(23,24)25)3-2-12-27(20(18)29)14-6-4-13(22)5-7-14/h4-11H,2-3,12H2,1H3. The molecule has 2 aromatic carbocycles. The Hall–Kier alpha value is -2.81. The van der Waals surface area contributed by atoms with Crippen molar-refractivity contribution in [2.45, 2.75) is 19.0 Å². The molecule has 0 spiro atoms. The van der Waals surface area contributed by atoms with Crippen molar-refractivity contribution in [3.05, 3.63) is 70.0 Å². The molecule has 0 saturated carbocycles. The lowest BCUT2D eigenvalue weighted by molar-refractivity contribution is -0.141. The van der Waals surface area contributed by atoms with Crippen LogP contribution in [0.4, 0.5) is 18.9 Å². The van der Waals surface area contributed by atoms with E-state index in [2.05, 4.69) is 21.0 Å². The molecule has 156 valence electrons. The molecule has 30 heavy (non-hydrogen) atoms. The van der Waals surface area contributed by atoms with Gasteiger partial charge in [0.1, 0.15) is 11.4 Å². The Morgan fingerprint density at radius 3 is 2.27 bits per heavy atom. The number of benzene rings is 2. The number of fused-ring (bicyclic) bond motifs is 1. The first kappa shape index (κ1) is 20.5. The van der Waals surface area contributed by atoms with Crippen LogP contribution in [0.25, 0.3) is 5.69 Å². The van der Waals surface area contributed by atoms with Crippen molar-refractivity contribution in [1.29, 1.82) is 0 Å². The first-order chi connectivity index (χ1) is 14.3. The largest absolute Gasteiger partial charge is 0.497 e. The number of carbonyl (C=O) groups is 1. The number of rotatable bonds is 3. The summed E-state index contributed by atoms with van der Waals surface area (Å²) >= 11 is 3.35. The third kappa shape index (κ3) is 3.69. The minimum absolute atomic E-state index is 0.0621. The predicted octanol–water partition coefficient (Wildman–Crippen LogP) is 5.26. The van der Waals surface area contributed by atoms with Crippen LogP contribution in [0.5, 0.6) is 5.75 Å². The molecule has 0 aliphatic carbocycles. The number of nitrogens with zero attached hydrogens (tertiary/aromatic N) is 3. The Labute approximate surface area is 179 Å². The van der Waals surface area contributed by atoms with Crippen LogP contribution in [-0.4, -0.2) is 29.3 Å². The summed E-state index contributed by atoms with van der Waals surface area (Å²) in [5, 5.41) is 3.82. The number of alkyl halides is 3. The fraction of sp³-hybridized carbons (Fsp3) is 0.238. The second kappa shape index (κ2) is 7.79. The van der Waals surface area contributed by atoms with Gasteiger partial charge in [-0.05, 0) is 61.4 Å². The summed E-state index contributed by atoms with van der Waals surface area (Å²) in [5.41, 5.74) is -0.171. The summed E-state index contributed by atoms with van der Waals surface area (Å²) in [6.07, 6.45) is -4.15. The van der Waals surface area contributed by atoms with E-state index in [9.17, 15) is 18.0 Å². The second-order valence-electron chi connectivity index (χ2n) is 6.82. The first-order valence-electron chi connectivity index (χ1n) is 9.20. The maximum absolute atomic E-state index is 13.7. The molecular weight excluding hydrogens is 463 g/mol. The van der Waals surface area contributed by atoms with E-state index in [1.54, 1.807) is 48.5 Å². The molecule has 4 rings (SSSR count). The summed E-state index contributed by atoms with van der Waals surface area (Å²) in [4.78, 5) is 14.9. The van der Waals surface area contributed by atoms with Gasteiger partial charge in [0.15, 0.2) is 5.69 Å². The number of hydrogen-bond donors (Lipinski definition) is 0. The number of halogens is 4. The van der Waals surface area contributed by atoms with Crippen molar-refractivity contribution >= 4 is 27.5 Å². The molecule has 1 aliphatic rings. The molecule has 0 atom stereocenters. The number of anilines is 1. The average Bonchev–Trinajstić information content (AvgIpc) is 3.03. The first-order valence-corrected chi connectivity index (χ1v) is 10.00. The Morgan fingerprint density at radius 1 is 1.03 bits per heavy atom. The van der Waals surface area contributed by atoms with Crippen LogP contribution < -0.4 is 9.64 Å². The van der Waals surface area contributed by atoms with Gasteiger partial charge >= 0.3 is 6.18 Å². The van der Waals surface area contributed by atoms with Crippen LogP contribution in [0.1, 0.15) is 28.2 Å². The molecule has 1 aliphatic heterocycles. The zero-order chi connectivity index (χ0) is 21.5. The van der Waals surface area contributed by atoms with E-state index < -0.39 is 17.8 Å². The zero-order valence-corrected chi connectivity index (χ0v) is 17.5. The smallest absolute Gasteiger partial charge is 0.435 e. The lowest BCUT2D eigenvalue weighted by Gasteiger charge is -2.21. The van der Waals surface area contributed by atoms with Crippen molar-refractivity contribution in [3.63, 3.8) is 0 Å². The maximum atomic E-state index is 13.7. The molecule has 0 saturated heterocycles. The van der Waals surface area contributed by atoms with Gasteiger partial charge in [-0.3, -0.25) is 4.79 Å². The minimum Gasteiger partial charge on any atom is -0.497 e. The van der Waals surface area contributed by atoms with Gasteiger partial charge in [-0.2, -0.15) is 18.3 Å². The lowest BCUT2D eigenvalue weighted by atomic mass is 10.1. The van der Waals surface area contributed by atoms with Crippen LogP contribution in [0, 0.1) is 0 Å². The van der Waals surface area contributed by atoms with E-state index in [4.69, 9.17) is 4.74 Å². The summed E-state index contributed by atoms with van der Waals surface area (Å²) in [6, 6.07) is 13.5. The number of ether oxygens (including phenoxy) is 1. The molecule has 0 N–H and O–H groups in total. The third-order valence-corrected chi connectivity index (χ3v) is 5.49. The predicted molar refractivity (Wildman–Crippen MR) is 109 cm³/mol. The van der Waals surface area contributed by atoms with Crippen molar-refractivity contribution in [2.24, 2.45) is 0 Å². The Kier molecular flexibility index (Phi) is 5.31. The van der Waals surface area contributed by atoms with Gasteiger partial charge in [0, 0.05) is 22.3 Å². The van der Waals surface area contributed by atoms with E-state index in [1.807, 2.05) is 0 Å². The third-order valence-electron chi connectivity index (χ3n) is 4.96. The molecular formula is C21H17BrF3N3O2. The van der Waals surface area contributed by atoms with Gasteiger partial charge in [-0.1, -0.05) is 15.9 Å². The Bertz CT molecular complexity index is 1080. The van der Waals surface area contributed by atoms with E-state index in [1.165, 1.54) is 12.0 Å². The van der Waals surface area contributed by atoms with Crippen LogP contribution in [0.2, 0.25) is 0 Å². The van der Waals surface area contributed by atoms with Gasteiger partial charge in [-0.15, -0.1) is 0 Å². The molecule has 0 fully saturated rings. The van der Waals surface area contributed by atoms with Crippen LogP contribution in [-0.2, 0) is 12.6 Å². The molecule has 0 unspecified atom stereocenters. The SMILES string of the molecule is COc1ccc(-n2nc(C(F)(F)F)c3c2C(=O)N(c2ccc(Br)cc2)CCC3)cc1. The molecule has 0 radical (unpaired) electrons.